The summed E-state index contributed by atoms with van der Waals surface area (Å²) in [6.45, 7) is 0.532. The van der Waals surface area contributed by atoms with Gasteiger partial charge in [0.2, 0.25) is 0 Å². The van der Waals surface area contributed by atoms with E-state index in [0.29, 0.717) is 12.5 Å². The molecule has 3 nitrogen and oxygen atoms in total. The first-order valence-electron chi connectivity index (χ1n) is 8.49. The van der Waals surface area contributed by atoms with Crippen LogP contribution < -0.4 is 0 Å². The van der Waals surface area contributed by atoms with Gasteiger partial charge in [0.15, 0.2) is 0 Å². The number of carbonyl (C=O) groups is 1. The van der Waals surface area contributed by atoms with Crippen LogP contribution in [0.1, 0.15) is 59.6 Å². The molecule has 1 aliphatic rings. The summed E-state index contributed by atoms with van der Waals surface area (Å²) in [5.74, 6) is 0.727. The molecule has 0 spiro atoms. The highest BCUT2D eigenvalue weighted by Crippen LogP contribution is 2.32. The van der Waals surface area contributed by atoms with Crippen molar-refractivity contribution in [2.24, 2.45) is 0 Å². The van der Waals surface area contributed by atoms with Crippen LogP contribution in [0.3, 0.4) is 0 Å². The molecule has 0 radical (unpaired) electrons. The molecular weight excluding hydrogens is 284 g/mol. The number of hydrogen-bond acceptors (Lipinski definition) is 2. The second-order valence-electron chi connectivity index (χ2n) is 6.44. The Morgan fingerprint density at radius 3 is 2.48 bits per heavy atom. The van der Waals surface area contributed by atoms with Crippen molar-refractivity contribution in [3.8, 4) is 0 Å². The van der Waals surface area contributed by atoms with Gasteiger partial charge < -0.3 is 4.90 Å². The van der Waals surface area contributed by atoms with Gasteiger partial charge in [-0.05, 0) is 48.6 Å². The lowest BCUT2D eigenvalue weighted by Crippen LogP contribution is -2.26. The normalized spacial score (nSPS) is 15.3. The molecule has 1 aromatic carbocycles. The molecule has 0 bridgehead atoms. The first-order valence-corrected chi connectivity index (χ1v) is 8.49. The van der Waals surface area contributed by atoms with E-state index in [1.54, 1.807) is 11.1 Å². The molecule has 1 saturated carbocycles. The van der Waals surface area contributed by atoms with E-state index < -0.39 is 0 Å². The van der Waals surface area contributed by atoms with Gasteiger partial charge in [0.05, 0.1) is 12.2 Å². The minimum absolute atomic E-state index is 0.0471. The molecule has 1 fully saturated rings. The number of pyridine rings is 1. The Kier molecular flexibility index (Phi) is 5.06. The molecule has 23 heavy (non-hydrogen) atoms. The lowest BCUT2D eigenvalue weighted by molar-refractivity contribution is 0.0783. The topological polar surface area (TPSA) is 33.2 Å². The smallest absolute Gasteiger partial charge is 0.253 e. The molecule has 3 rings (SSSR count). The molecule has 1 amide bonds. The van der Waals surface area contributed by atoms with E-state index in [1.807, 2.05) is 37.4 Å². The van der Waals surface area contributed by atoms with Gasteiger partial charge in [-0.25, -0.2) is 0 Å². The van der Waals surface area contributed by atoms with E-state index in [4.69, 9.17) is 0 Å². The number of rotatable bonds is 4. The minimum Gasteiger partial charge on any atom is -0.336 e. The number of nitrogens with zero attached hydrogens (tertiary/aromatic N) is 2. The first-order chi connectivity index (χ1) is 11.2. The van der Waals surface area contributed by atoms with Gasteiger partial charge in [0.25, 0.3) is 5.91 Å². The van der Waals surface area contributed by atoms with E-state index >= 15 is 0 Å². The number of hydrogen-bond donors (Lipinski definition) is 0. The van der Waals surface area contributed by atoms with E-state index in [1.165, 1.54) is 37.7 Å². The summed E-state index contributed by atoms with van der Waals surface area (Å²) >= 11 is 0. The predicted molar refractivity (Wildman–Crippen MR) is 92.3 cm³/mol. The fourth-order valence-electron chi connectivity index (χ4n) is 3.36. The third-order valence-electron chi connectivity index (χ3n) is 4.71. The van der Waals surface area contributed by atoms with E-state index in [0.717, 1.165) is 11.3 Å². The van der Waals surface area contributed by atoms with Gasteiger partial charge in [-0.1, -0.05) is 37.5 Å². The summed E-state index contributed by atoms with van der Waals surface area (Å²) in [6.07, 6.45) is 8.36. The van der Waals surface area contributed by atoms with Crippen LogP contribution >= 0.6 is 0 Å². The van der Waals surface area contributed by atoms with Gasteiger partial charge in [-0.15, -0.1) is 0 Å². The fraction of sp³-hybridized carbons (Fsp3) is 0.400. The maximum atomic E-state index is 12.5. The molecule has 1 heterocycles. The zero-order valence-corrected chi connectivity index (χ0v) is 13.7. The van der Waals surface area contributed by atoms with E-state index in [-0.39, 0.29) is 5.91 Å². The van der Waals surface area contributed by atoms with Crippen LogP contribution in [0.4, 0.5) is 0 Å². The standard InChI is InChI=1S/C20H24N2O/c1-22(15-19-9-5-6-14-21-19)20(23)18-12-10-17(11-13-18)16-7-3-2-4-8-16/h5-6,9-14,16H,2-4,7-8,15H2,1H3. The van der Waals surface area contributed by atoms with Crippen LogP contribution in [0.15, 0.2) is 48.7 Å². The monoisotopic (exact) mass is 308 g/mol. The Labute approximate surface area is 138 Å². The Morgan fingerprint density at radius 2 is 1.83 bits per heavy atom. The molecule has 1 aromatic heterocycles. The Balaban J connectivity index is 1.65. The summed E-state index contributed by atoms with van der Waals surface area (Å²) in [5.41, 5.74) is 3.04. The van der Waals surface area contributed by atoms with Crippen molar-refractivity contribution in [3.05, 3.63) is 65.5 Å². The van der Waals surface area contributed by atoms with Gasteiger partial charge in [0.1, 0.15) is 0 Å². The Morgan fingerprint density at radius 1 is 1.09 bits per heavy atom. The first kappa shape index (κ1) is 15.7. The molecule has 0 saturated heterocycles. The zero-order chi connectivity index (χ0) is 16.1. The average Bonchev–Trinajstić information content (AvgIpc) is 2.63. The van der Waals surface area contributed by atoms with Gasteiger partial charge in [-0.3, -0.25) is 9.78 Å². The summed E-state index contributed by atoms with van der Waals surface area (Å²) in [6, 6.07) is 14.0. The van der Waals surface area contributed by atoms with E-state index in [2.05, 4.69) is 17.1 Å². The molecule has 1 aliphatic carbocycles. The highest BCUT2D eigenvalue weighted by atomic mass is 16.2. The lowest BCUT2D eigenvalue weighted by atomic mass is 9.84. The fourth-order valence-corrected chi connectivity index (χ4v) is 3.36. The molecule has 0 atom stereocenters. The second-order valence-corrected chi connectivity index (χ2v) is 6.44. The van der Waals surface area contributed by atoms with Gasteiger partial charge in [-0.2, -0.15) is 0 Å². The summed E-state index contributed by atoms with van der Waals surface area (Å²) < 4.78 is 0. The number of amides is 1. The molecule has 0 aliphatic heterocycles. The summed E-state index contributed by atoms with van der Waals surface area (Å²) in [5, 5.41) is 0. The minimum atomic E-state index is 0.0471. The van der Waals surface area contributed by atoms with Crippen LogP contribution in [0.5, 0.6) is 0 Å². The highest BCUT2D eigenvalue weighted by Gasteiger charge is 2.17. The number of aromatic nitrogens is 1. The maximum Gasteiger partial charge on any atom is 0.253 e. The SMILES string of the molecule is CN(Cc1ccccn1)C(=O)c1ccc(C2CCCCC2)cc1. The third kappa shape index (κ3) is 3.98. The quantitative estimate of drug-likeness (QED) is 0.838. The molecule has 120 valence electrons. The molecule has 0 unspecified atom stereocenters. The number of carbonyl (C=O) groups excluding carboxylic acids is 1. The van der Waals surface area contributed by atoms with Crippen molar-refractivity contribution < 1.29 is 4.79 Å². The molecular formula is C20H24N2O. The molecule has 2 aromatic rings. The number of benzene rings is 1. The van der Waals surface area contributed by atoms with E-state index in [9.17, 15) is 4.79 Å². The molecule has 0 N–H and O–H groups in total. The van der Waals surface area contributed by atoms with Crippen molar-refractivity contribution in [2.75, 3.05) is 7.05 Å². The maximum absolute atomic E-state index is 12.5. The van der Waals surface area contributed by atoms with Crippen LogP contribution in [0.25, 0.3) is 0 Å². The van der Waals surface area contributed by atoms with Crippen LogP contribution in [-0.4, -0.2) is 22.8 Å². The molecule has 3 heteroatoms. The Hall–Kier alpha value is -2.16. The predicted octanol–water partition coefficient (Wildman–Crippen LogP) is 4.40. The second kappa shape index (κ2) is 7.40. The largest absolute Gasteiger partial charge is 0.336 e. The third-order valence-corrected chi connectivity index (χ3v) is 4.71. The van der Waals surface area contributed by atoms with Crippen LogP contribution in [0.2, 0.25) is 0 Å². The zero-order valence-electron chi connectivity index (χ0n) is 13.7. The highest BCUT2D eigenvalue weighted by molar-refractivity contribution is 5.94. The van der Waals surface area contributed by atoms with Crippen molar-refractivity contribution in [1.82, 2.24) is 9.88 Å². The van der Waals surface area contributed by atoms with Gasteiger partial charge in [0, 0.05) is 18.8 Å². The summed E-state index contributed by atoms with van der Waals surface area (Å²) in [4.78, 5) is 18.5. The lowest BCUT2D eigenvalue weighted by Gasteiger charge is -2.22. The van der Waals surface area contributed by atoms with Gasteiger partial charge >= 0.3 is 0 Å². The van der Waals surface area contributed by atoms with Crippen molar-refractivity contribution in [3.63, 3.8) is 0 Å². The van der Waals surface area contributed by atoms with Crippen molar-refractivity contribution >= 4 is 5.91 Å². The summed E-state index contributed by atoms with van der Waals surface area (Å²) in [7, 11) is 1.83. The van der Waals surface area contributed by atoms with Crippen molar-refractivity contribution in [2.45, 2.75) is 44.6 Å². The van der Waals surface area contributed by atoms with Crippen LogP contribution in [-0.2, 0) is 6.54 Å². The van der Waals surface area contributed by atoms with Crippen molar-refractivity contribution in [1.29, 1.82) is 0 Å². The Bertz CT molecular complexity index is 630. The van der Waals surface area contributed by atoms with Crippen LogP contribution in [0, 0.1) is 0 Å². The average molecular weight is 308 g/mol.